The second-order valence-electron chi connectivity index (χ2n) is 3.12. The summed E-state index contributed by atoms with van der Waals surface area (Å²) in [6.45, 7) is 0. The Morgan fingerprint density at radius 1 is 1.20 bits per heavy atom. The van der Waals surface area contributed by atoms with E-state index in [0.717, 1.165) is 21.4 Å². The minimum absolute atomic E-state index is 0.260. The molecule has 74 valence electrons. The lowest BCUT2D eigenvalue weighted by molar-refractivity contribution is 0.474. The quantitative estimate of drug-likeness (QED) is 0.566. The number of hydrogen-bond donors (Lipinski definition) is 2. The lowest BCUT2D eigenvalue weighted by atomic mass is 10.3. The number of nitrogens with one attached hydrogen (secondary N) is 1. The van der Waals surface area contributed by atoms with E-state index in [-0.39, 0.29) is 5.75 Å². The fraction of sp³-hybridized carbons (Fsp3) is 0. The Balaban J connectivity index is 2.11. The van der Waals surface area contributed by atoms with Crippen molar-refractivity contribution in [3.8, 4) is 5.75 Å². The van der Waals surface area contributed by atoms with Crippen LogP contribution in [-0.4, -0.2) is 15.1 Å². The highest BCUT2D eigenvalue weighted by molar-refractivity contribution is 7.99. The van der Waals surface area contributed by atoms with Crippen molar-refractivity contribution in [2.75, 3.05) is 5.32 Å². The Morgan fingerprint density at radius 2 is 2.07 bits per heavy atom. The summed E-state index contributed by atoms with van der Waals surface area (Å²) in [6, 6.07) is 5.19. The van der Waals surface area contributed by atoms with Gasteiger partial charge in [-0.15, -0.1) is 0 Å². The molecule has 15 heavy (non-hydrogen) atoms. The molecule has 3 rings (SSSR count). The van der Waals surface area contributed by atoms with E-state index in [0.29, 0.717) is 0 Å². The van der Waals surface area contributed by atoms with Gasteiger partial charge in [0.05, 0.1) is 5.69 Å². The summed E-state index contributed by atoms with van der Waals surface area (Å²) >= 11 is 1.50. The first-order chi connectivity index (χ1) is 7.33. The summed E-state index contributed by atoms with van der Waals surface area (Å²) in [5.74, 6) is 1.02. The molecule has 0 saturated carbocycles. The Kier molecular flexibility index (Phi) is 1.78. The van der Waals surface area contributed by atoms with Crippen LogP contribution in [0.2, 0.25) is 0 Å². The van der Waals surface area contributed by atoms with Gasteiger partial charge in [-0.2, -0.15) is 0 Å². The van der Waals surface area contributed by atoms with Crippen LogP contribution in [0.5, 0.6) is 5.75 Å². The Labute approximate surface area is 90.4 Å². The summed E-state index contributed by atoms with van der Waals surface area (Å²) in [5.41, 5.74) is 0.950. The maximum Gasteiger partial charge on any atom is 0.163 e. The van der Waals surface area contributed by atoms with Crippen molar-refractivity contribution < 1.29 is 5.11 Å². The molecule has 0 atom stereocenters. The smallest absolute Gasteiger partial charge is 0.163 e. The molecule has 1 aliphatic rings. The van der Waals surface area contributed by atoms with Crippen molar-refractivity contribution in [3.63, 3.8) is 0 Å². The van der Waals surface area contributed by atoms with Crippen LogP contribution in [0.4, 0.5) is 11.5 Å². The summed E-state index contributed by atoms with van der Waals surface area (Å²) in [5, 5.41) is 13.4. The number of aromatic nitrogens is 2. The third-order valence-corrected chi connectivity index (χ3v) is 3.14. The minimum atomic E-state index is 0.260. The molecule has 0 bridgehead atoms. The first-order valence-electron chi connectivity index (χ1n) is 4.42. The first-order valence-corrected chi connectivity index (χ1v) is 5.23. The molecule has 0 aliphatic carbocycles. The number of phenols is 1. The van der Waals surface area contributed by atoms with Crippen molar-refractivity contribution in [2.45, 2.75) is 9.92 Å². The van der Waals surface area contributed by atoms with E-state index < -0.39 is 0 Å². The van der Waals surface area contributed by atoms with Gasteiger partial charge in [-0.1, -0.05) is 11.8 Å². The number of nitrogens with zero attached hydrogens (tertiary/aromatic N) is 2. The van der Waals surface area contributed by atoms with Gasteiger partial charge in [-0.25, -0.2) is 9.97 Å². The molecule has 1 aromatic heterocycles. The topological polar surface area (TPSA) is 58.0 Å². The van der Waals surface area contributed by atoms with Gasteiger partial charge in [0.2, 0.25) is 0 Å². The number of rotatable bonds is 0. The molecule has 2 heterocycles. The molecular weight excluding hydrogens is 210 g/mol. The zero-order chi connectivity index (χ0) is 10.3. The Hall–Kier alpha value is -1.75. The average molecular weight is 217 g/mol. The van der Waals surface area contributed by atoms with E-state index in [1.54, 1.807) is 24.5 Å². The molecule has 0 spiro atoms. The lowest BCUT2D eigenvalue weighted by Crippen LogP contribution is -2.02. The van der Waals surface area contributed by atoms with Gasteiger partial charge in [0.15, 0.2) is 5.82 Å². The van der Waals surface area contributed by atoms with E-state index >= 15 is 0 Å². The number of anilines is 2. The van der Waals surface area contributed by atoms with Crippen molar-refractivity contribution >= 4 is 23.3 Å². The summed E-state index contributed by atoms with van der Waals surface area (Å²) < 4.78 is 0. The van der Waals surface area contributed by atoms with Crippen LogP contribution in [0.25, 0.3) is 0 Å². The third kappa shape index (κ3) is 1.41. The van der Waals surface area contributed by atoms with Crippen molar-refractivity contribution in [2.24, 2.45) is 0 Å². The van der Waals surface area contributed by atoms with Gasteiger partial charge < -0.3 is 10.4 Å². The van der Waals surface area contributed by atoms with E-state index in [1.165, 1.54) is 11.8 Å². The molecule has 1 aliphatic heterocycles. The molecule has 5 heteroatoms. The number of aromatic hydroxyl groups is 1. The van der Waals surface area contributed by atoms with Crippen LogP contribution >= 0.6 is 11.8 Å². The highest BCUT2D eigenvalue weighted by Gasteiger charge is 2.17. The zero-order valence-corrected chi connectivity index (χ0v) is 8.45. The van der Waals surface area contributed by atoms with Crippen molar-refractivity contribution in [1.29, 1.82) is 0 Å². The normalized spacial score (nSPS) is 12.5. The van der Waals surface area contributed by atoms with Gasteiger partial charge in [-0.3, -0.25) is 0 Å². The van der Waals surface area contributed by atoms with Crippen LogP contribution in [0, 0.1) is 0 Å². The van der Waals surface area contributed by atoms with Gasteiger partial charge in [0.1, 0.15) is 10.8 Å². The molecule has 0 fully saturated rings. The number of hydrogen-bond acceptors (Lipinski definition) is 5. The van der Waals surface area contributed by atoms with Gasteiger partial charge >= 0.3 is 0 Å². The van der Waals surface area contributed by atoms with Gasteiger partial charge in [-0.05, 0) is 18.2 Å². The van der Waals surface area contributed by atoms with Crippen LogP contribution in [-0.2, 0) is 0 Å². The van der Waals surface area contributed by atoms with E-state index in [2.05, 4.69) is 15.3 Å². The molecule has 0 amide bonds. The van der Waals surface area contributed by atoms with Gasteiger partial charge in [0, 0.05) is 17.3 Å². The fourth-order valence-corrected chi connectivity index (χ4v) is 2.35. The second kappa shape index (κ2) is 3.13. The number of phenolic OH excluding ortho intramolecular Hbond substituents is 1. The van der Waals surface area contributed by atoms with Crippen molar-refractivity contribution in [1.82, 2.24) is 9.97 Å². The second-order valence-corrected chi connectivity index (χ2v) is 4.15. The maximum atomic E-state index is 9.36. The Morgan fingerprint density at radius 3 is 3.00 bits per heavy atom. The number of fused-ring (bicyclic) bond motifs is 2. The van der Waals surface area contributed by atoms with Crippen LogP contribution in [0.3, 0.4) is 0 Å². The highest BCUT2D eigenvalue weighted by Crippen LogP contribution is 2.42. The monoisotopic (exact) mass is 217 g/mol. The number of benzene rings is 1. The Bertz CT molecular complexity index is 530. The van der Waals surface area contributed by atoms with E-state index in [4.69, 9.17) is 0 Å². The molecule has 0 saturated heterocycles. The first kappa shape index (κ1) is 8.55. The molecule has 0 unspecified atom stereocenters. The van der Waals surface area contributed by atoms with E-state index in [1.807, 2.05) is 6.07 Å². The fourth-order valence-electron chi connectivity index (χ4n) is 1.42. The molecule has 2 aromatic rings. The molecule has 0 radical (unpaired) electrons. The van der Waals surface area contributed by atoms with Crippen LogP contribution < -0.4 is 5.32 Å². The van der Waals surface area contributed by atoms with Crippen LogP contribution in [0.15, 0.2) is 40.5 Å². The van der Waals surface area contributed by atoms with Crippen LogP contribution in [0.1, 0.15) is 0 Å². The van der Waals surface area contributed by atoms with Crippen molar-refractivity contribution in [3.05, 3.63) is 30.6 Å². The average Bonchev–Trinajstić information content (AvgIpc) is 2.26. The SMILES string of the molecule is Oc1ccc2c(c1)Sc1nccnc1N2. The third-order valence-electron chi connectivity index (χ3n) is 2.09. The summed E-state index contributed by atoms with van der Waals surface area (Å²) in [4.78, 5) is 9.35. The van der Waals surface area contributed by atoms with Gasteiger partial charge in [0.25, 0.3) is 0 Å². The molecule has 1 aromatic carbocycles. The molecule has 2 N–H and O–H groups in total. The largest absolute Gasteiger partial charge is 0.508 e. The molecule has 4 nitrogen and oxygen atoms in total. The summed E-state index contributed by atoms with van der Waals surface area (Å²) in [7, 11) is 0. The summed E-state index contributed by atoms with van der Waals surface area (Å²) in [6.07, 6.45) is 3.30. The van der Waals surface area contributed by atoms with E-state index in [9.17, 15) is 5.11 Å². The molecular formula is C10H7N3OS. The zero-order valence-electron chi connectivity index (χ0n) is 7.64. The predicted molar refractivity (Wildman–Crippen MR) is 57.5 cm³/mol. The maximum absolute atomic E-state index is 9.36. The standard InChI is InChI=1S/C10H7N3OS/c14-6-1-2-7-8(5-6)15-10-9(13-7)11-3-4-12-10/h1-5,14H,(H,11,13). The predicted octanol–water partition coefficient (Wildman–Crippen LogP) is 2.39. The highest BCUT2D eigenvalue weighted by atomic mass is 32.2. The minimum Gasteiger partial charge on any atom is -0.508 e. The lowest BCUT2D eigenvalue weighted by Gasteiger charge is -2.18.